The summed E-state index contributed by atoms with van der Waals surface area (Å²) in [7, 11) is -1.74. The summed E-state index contributed by atoms with van der Waals surface area (Å²) in [5.74, 6) is 0.570. The standard InChI is InChI=1S/C21H31NO4S/c1-25-18(14-17-6-3-2-4-7-17)15-27(23,24)22-16-21(10-12-26-13-11-21)19-8-5-9-20(19)22/h2-4,6-7,18-20H,5,8-16H2,1H3/t18?,19-,20+/m1/s1. The van der Waals surface area contributed by atoms with Gasteiger partial charge < -0.3 is 9.47 Å². The van der Waals surface area contributed by atoms with E-state index < -0.39 is 10.0 Å². The van der Waals surface area contributed by atoms with Crippen LogP contribution >= 0.6 is 0 Å². The Bertz CT molecular complexity index is 730. The van der Waals surface area contributed by atoms with Crippen molar-refractivity contribution in [2.24, 2.45) is 11.3 Å². The summed E-state index contributed by atoms with van der Waals surface area (Å²) in [6.45, 7) is 2.22. The monoisotopic (exact) mass is 393 g/mol. The lowest BCUT2D eigenvalue weighted by molar-refractivity contribution is 0.000168. The van der Waals surface area contributed by atoms with Gasteiger partial charge in [-0.1, -0.05) is 36.8 Å². The van der Waals surface area contributed by atoms with Gasteiger partial charge in [-0.2, -0.15) is 4.31 Å². The van der Waals surface area contributed by atoms with Gasteiger partial charge in [0.15, 0.2) is 0 Å². The molecule has 27 heavy (non-hydrogen) atoms. The second-order valence-electron chi connectivity index (χ2n) is 8.45. The molecule has 1 aromatic carbocycles. The largest absolute Gasteiger partial charge is 0.381 e. The minimum absolute atomic E-state index is 0.0637. The molecular weight excluding hydrogens is 362 g/mol. The van der Waals surface area contributed by atoms with Gasteiger partial charge in [0.25, 0.3) is 0 Å². The second kappa shape index (κ2) is 7.82. The molecule has 0 amide bonds. The fraction of sp³-hybridized carbons (Fsp3) is 0.714. The van der Waals surface area contributed by atoms with Crippen LogP contribution in [-0.4, -0.2) is 57.5 Å². The van der Waals surface area contributed by atoms with E-state index in [4.69, 9.17) is 9.47 Å². The molecule has 0 N–H and O–H groups in total. The Morgan fingerprint density at radius 2 is 1.96 bits per heavy atom. The third kappa shape index (κ3) is 3.82. The molecular formula is C21H31NO4S. The zero-order valence-corrected chi connectivity index (χ0v) is 17.0. The lowest BCUT2D eigenvalue weighted by Crippen LogP contribution is -2.42. The summed E-state index contributed by atoms with van der Waals surface area (Å²) in [6, 6.07) is 10.2. The van der Waals surface area contributed by atoms with E-state index in [1.54, 1.807) is 7.11 Å². The zero-order valence-electron chi connectivity index (χ0n) is 16.2. The van der Waals surface area contributed by atoms with Gasteiger partial charge in [0.05, 0.1) is 11.9 Å². The molecule has 5 nitrogen and oxygen atoms in total. The minimum Gasteiger partial charge on any atom is -0.381 e. The first-order valence-electron chi connectivity index (χ1n) is 10.2. The van der Waals surface area contributed by atoms with Crippen molar-refractivity contribution in [3.63, 3.8) is 0 Å². The Labute approximate surface area is 163 Å². The first-order valence-corrected chi connectivity index (χ1v) is 11.8. The van der Waals surface area contributed by atoms with E-state index in [1.807, 2.05) is 34.6 Å². The highest BCUT2D eigenvalue weighted by Gasteiger charge is 2.57. The third-order valence-electron chi connectivity index (χ3n) is 6.99. The normalized spacial score (nSPS) is 29.1. The number of hydrogen-bond acceptors (Lipinski definition) is 4. The first-order chi connectivity index (χ1) is 13.0. The van der Waals surface area contributed by atoms with E-state index in [-0.39, 0.29) is 23.3 Å². The Morgan fingerprint density at radius 3 is 2.67 bits per heavy atom. The van der Waals surface area contributed by atoms with Gasteiger partial charge in [0, 0.05) is 32.9 Å². The molecule has 0 bridgehead atoms. The Kier molecular flexibility index (Phi) is 5.61. The maximum atomic E-state index is 13.4. The van der Waals surface area contributed by atoms with Crippen LogP contribution in [-0.2, 0) is 25.9 Å². The summed E-state index contributed by atoms with van der Waals surface area (Å²) >= 11 is 0. The van der Waals surface area contributed by atoms with Gasteiger partial charge in [-0.15, -0.1) is 0 Å². The van der Waals surface area contributed by atoms with Gasteiger partial charge >= 0.3 is 0 Å². The van der Waals surface area contributed by atoms with Crippen LogP contribution in [0.3, 0.4) is 0 Å². The summed E-state index contributed by atoms with van der Waals surface area (Å²) in [6.07, 6.45) is 5.61. The molecule has 6 heteroatoms. The van der Waals surface area contributed by atoms with E-state index in [0.717, 1.165) is 50.9 Å². The number of sulfonamides is 1. The first kappa shape index (κ1) is 19.4. The van der Waals surface area contributed by atoms with Crippen LogP contribution in [0.5, 0.6) is 0 Å². The van der Waals surface area contributed by atoms with E-state index in [9.17, 15) is 8.42 Å². The van der Waals surface area contributed by atoms with Gasteiger partial charge in [0.1, 0.15) is 0 Å². The molecule has 1 aliphatic carbocycles. The van der Waals surface area contributed by atoms with Crippen molar-refractivity contribution in [2.45, 2.75) is 50.7 Å². The molecule has 1 saturated carbocycles. The smallest absolute Gasteiger partial charge is 0.216 e. The Morgan fingerprint density at radius 1 is 1.22 bits per heavy atom. The summed E-state index contributed by atoms with van der Waals surface area (Å²) in [5.41, 5.74) is 1.25. The van der Waals surface area contributed by atoms with Crippen molar-refractivity contribution in [1.82, 2.24) is 4.31 Å². The van der Waals surface area contributed by atoms with Crippen molar-refractivity contribution >= 4 is 10.0 Å². The Hall–Kier alpha value is -0.950. The summed E-state index contributed by atoms with van der Waals surface area (Å²) in [5, 5.41) is 0. The number of hydrogen-bond donors (Lipinski definition) is 0. The number of benzene rings is 1. The molecule has 0 aromatic heterocycles. The molecule has 150 valence electrons. The van der Waals surface area contributed by atoms with Crippen molar-refractivity contribution in [3.05, 3.63) is 35.9 Å². The predicted octanol–water partition coefficient (Wildman–Crippen LogP) is 2.86. The van der Waals surface area contributed by atoms with Gasteiger partial charge in [0.2, 0.25) is 10.0 Å². The second-order valence-corrected chi connectivity index (χ2v) is 10.4. The number of nitrogens with zero attached hydrogens (tertiary/aromatic N) is 1. The molecule has 2 heterocycles. The van der Waals surface area contributed by atoms with E-state index in [1.165, 1.54) is 0 Å². The van der Waals surface area contributed by atoms with Gasteiger partial charge in [-0.25, -0.2) is 8.42 Å². The fourth-order valence-corrected chi connectivity index (χ4v) is 7.61. The molecule has 2 saturated heterocycles. The highest BCUT2D eigenvalue weighted by Crippen LogP contribution is 2.54. The lowest BCUT2D eigenvalue weighted by Gasteiger charge is -2.37. The molecule has 3 fully saturated rings. The third-order valence-corrected chi connectivity index (χ3v) is 8.90. The molecule has 3 atom stereocenters. The van der Waals surface area contributed by atoms with Crippen LogP contribution in [0.15, 0.2) is 30.3 Å². The van der Waals surface area contributed by atoms with E-state index in [2.05, 4.69) is 0 Å². The zero-order chi connectivity index (χ0) is 18.9. The number of rotatable bonds is 6. The van der Waals surface area contributed by atoms with Crippen LogP contribution < -0.4 is 0 Å². The average Bonchev–Trinajstić information content (AvgIpc) is 3.26. The highest BCUT2D eigenvalue weighted by atomic mass is 32.2. The average molecular weight is 394 g/mol. The van der Waals surface area contributed by atoms with Crippen LogP contribution in [0.4, 0.5) is 0 Å². The molecule has 2 aliphatic heterocycles. The van der Waals surface area contributed by atoms with Gasteiger partial charge in [-0.05, 0) is 49.0 Å². The van der Waals surface area contributed by atoms with Gasteiger partial charge in [-0.3, -0.25) is 0 Å². The molecule has 4 rings (SSSR count). The SMILES string of the molecule is COC(Cc1ccccc1)CS(=O)(=O)N1CC2(CCOCC2)[C@@H]2CCC[C@@H]21. The van der Waals surface area contributed by atoms with Crippen LogP contribution in [0.1, 0.15) is 37.7 Å². The number of methoxy groups -OCH3 is 1. The quantitative estimate of drug-likeness (QED) is 0.746. The maximum Gasteiger partial charge on any atom is 0.216 e. The molecule has 3 aliphatic rings. The van der Waals surface area contributed by atoms with E-state index in [0.29, 0.717) is 18.9 Å². The van der Waals surface area contributed by atoms with E-state index >= 15 is 0 Å². The van der Waals surface area contributed by atoms with Crippen LogP contribution in [0.2, 0.25) is 0 Å². The van der Waals surface area contributed by atoms with Crippen molar-refractivity contribution in [2.75, 3.05) is 32.6 Å². The topological polar surface area (TPSA) is 55.8 Å². The lowest BCUT2D eigenvalue weighted by atomic mass is 9.71. The summed E-state index contributed by atoms with van der Waals surface area (Å²) in [4.78, 5) is 0. The fourth-order valence-electron chi connectivity index (χ4n) is 5.57. The minimum atomic E-state index is -3.35. The van der Waals surface area contributed by atoms with Crippen LogP contribution in [0.25, 0.3) is 0 Å². The maximum absolute atomic E-state index is 13.4. The predicted molar refractivity (Wildman–Crippen MR) is 105 cm³/mol. The number of ether oxygens (including phenoxy) is 2. The Balaban J connectivity index is 1.50. The van der Waals surface area contributed by atoms with Crippen molar-refractivity contribution in [1.29, 1.82) is 0 Å². The molecule has 1 aromatic rings. The van der Waals surface area contributed by atoms with Crippen molar-refractivity contribution in [3.8, 4) is 0 Å². The molecule has 1 unspecified atom stereocenters. The highest BCUT2D eigenvalue weighted by molar-refractivity contribution is 7.89. The number of fused-ring (bicyclic) bond motifs is 2. The summed E-state index contributed by atoms with van der Waals surface area (Å²) < 4.78 is 39.8. The van der Waals surface area contributed by atoms with Crippen molar-refractivity contribution < 1.29 is 17.9 Å². The molecule has 1 spiro atoms. The van der Waals surface area contributed by atoms with Crippen LogP contribution in [0, 0.1) is 11.3 Å². The molecule has 0 radical (unpaired) electrons.